The van der Waals surface area contributed by atoms with Crippen LogP contribution in [0.2, 0.25) is 0 Å². The van der Waals surface area contributed by atoms with E-state index < -0.39 is 7.80 Å². The van der Waals surface area contributed by atoms with Crippen molar-refractivity contribution in [3.8, 4) is 0 Å². The molecule has 0 N–H and O–H groups in total. The molecule has 0 heterocycles. The summed E-state index contributed by atoms with van der Waals surface area (Å²) >= 11 is 0. The van der Waals surface area contributed by atoms with Crippen molar-refractivity contribution in [2.75, 3.05) is 0 Å². The zero-order valence-corrected chi connectivity index (χ0v) is 16.0. The van der Waals surface area contributed by atoms with Crippen molar-refractivity contribution in [2.45, 2.75) is 32.9 Å². The maximum atomic E-state index is 13.7. The van der Waals surface area contributed by atoms with Gasteiger partial charge >= 0.3 is 7.80 Å². The van der Waals surface area contributed by atoms with Gasteiger partial charge in [0, 0.05) is 23.1 Å². The molecule has 126 valence electrons. The van der Waals surface area contributed by atoms with Gasteiger partial charge in [-0.05, 0) is 26.3 Å². The minimum atomic E-state index is -1.54. The average Bonchev–Trinajstić information content (AvgIpc) is 2.60. The zero-order valence-electron chi connectivity index (χ0n) is 15.1. The molecule has 0 radical (unpaired) electrons. The first-order valence-corrected chi connectivity index (χ1v) is 10.0. The lowest BCUT2D eigenvalue weighted by Crippen LogP contribution is -2.12. The summed E-state index contributed by atoms with van der Waals surface area (Å²) < 4.78 is 13.7. The van der Waals surface area contributed by atoms with Gasteiger partial charge in [-0.3, -0.25) is 0 Å². The van der Waals surface area contributed by atoms with Crippen LogP contribution in [0.1, 0.15) is 33.5 Å². The lowest BCUT2D eigenvalue weighted by molar-refractivity contribution is 0.584. The first-order valence-electron chi connectivity index (χ1n) is 8.69. The van der Waals surface area contributed by atoms with E-state index in [1.54, 1.807) is 0 Å². The van der Waals surface area contributed by atoms with Crippen molar-refractivity contribution in [1.29, 1.82) is 0 Å². The number of benzene rings is 3. The standard InChI is InChI=1S/C23H24OP/c1-17-14-18(2)23(19(3)15-17)25(24)22(21-12-8-5-9-13-21)16-20-10-6-4-7-11-20/h4-15,22H,16H2,1-3H3/q+1. The molecule has 0 saturated heterocycles. The summed E-state index contributed by atoms with van der Waals surface area (Å²) in [5.41, 5.74) is 5.84. The van der Waals surface area contributed by atoms with Gasteiger partial charge in [0.2, 0.25) is 0 Å². The van der Waals surface area contributed by atoms with Crippen LogP contribution in [0.5, 0.6) is 0 Å². The van der Waals surface area contributed by atoms with Gasteiger partial charge in [0.15, 0.2) is 11.0 Å². The van der Waals surface area contributed by atoms with Gasteiger partial charge in [-0.15, -0.1) is 0 Å². The monoisotopic (exact) mass is 347 g/mol. The summed E-state index contributed by atoms with van der Waals surface area (Å²) in [4.78, 5) is 0. The number of aryl methyl sites for hydroxylation is 3. The van der Waals surface area contributed by atoms with Crippen molar-refractivity contribution in [2.24, 2.45) is 0 Å². The Labute approximate surface area is 151 Å². The third kappa shape index (κ3) is 4.06. The molecule has 2 heteroatoms. The highest BCUT2D eigenvalue weighted by molar-refractivity contribution is 7.54. The van der Waals surface area contributed by atoms with Crippen LogP contribution in [0.4, 0.5) is 0 Å². The van der Waals surface area contributed by atoms with Crippen LogP contribution < -0.4 is 5.30 Å². The summed E-state index contributed by atoms with van der Waals surface area (Å²) in [7, 11) is -1.54. The second-order valence-corrected chi connectivity index (χ2v) is 8.41. The molecule has 0 fully saturated rings. The molecule has 0 aromatic heterocycles. The van der Waals surface area contributed by atoms with E-state index in [2.05, 4.69) is 57.2 Å². The molecule has 3 aromatic carbocycles. The van der Waals surface area contributed by atoms with Crippen molar-refractivity contribution in [3.05, 3.63) is 101 Å². The Morgan fingerprint density at radius 3 is 1.88 bits per heavy atom. The minimum Gasteiger partial charge on any atom is -0.0673 e. The maximum absolute atomic E-state index is 13.7. The Kier molecular flexibility index (Phi) is 5.46. The van der Waals surface area contributed by atoms with Crippen LogP contribution in [-0.2, 0) is 11.0 Å². The van der Waals surface area contributed by atoms with E-state index in [0.717, 1.165) is 28.4 Å². The fourth-order valence-electron chi connectivity index (χ4n) is 3.52. The molecule has 0 amide bonds. The molecule has 3 aromatic rings. The van der Waals surface area contributed by atoms with Crippen LogP contribution in [0.15, 0.2) is 72.8 Å². The minimum absolute atomic E-state index is 0.0151. The van der Waals surface area contributed by atoms with Crippen LogP contribution in [0.3, 0.4) is 0 Å². The van der Waals surface area contributed by atoms with Crippen LogP contribution >= 0.6 is 7.80 Å². The third-order valence-electron chi connectivity index (χ3n) is 4.60. The summed E-state index contributed by atoms with van der Waals surface area (Å²) in [6, 6.07) is 24.9. The first kappa shape index (κ1) is 17.6. The van der Waals surface area contributed by atoms with Gasteiger partial charge in [-0.1, -0.05) is 82.9 Å². The van der Waals surface area contributed by atoms with Gasteiger partial charge in [-0.2, -0.15) is 0 Å². The van der Waals surface area contributed by atoms with E-state index in [0.29, 0.717) is 0 Å². The van der Waals surface area contributed by atoms with Gasteiger partial charge in [0.05, 0.1) is 0 Å². The second-order valence-electron chi connectivity index (χ2n) is 6.69. The predicted octanol–water partition coefficient (Wildman–Crippen LogP) is 6.05. The van der Waals surface area contributed by atoms with Gasteiger partial charge in [0.25, 0.3) is 0 Å². The van der Waals surface area contributed by atoms with Gasteiger partial charge in [-0.25, -0.2) is 0 Å². The Morgan fingerprint density at radius 2 is 1.32 bits per heavy atom. The Bertz CT molecular complexity index is 846. The summed E-state index contributed by atoms with van der Waals surface area (Å²) in [5.74, 6) is 0. The fourth-order valence-corrected chi connectivity index (χ4v) is 5.48. The highest BCUT2D eigenvalue weighted by Crippen LogP contribution is 2.44. The molecule has 2 unspecified atom stereocenters. The van der Waals surface area contributed by atoms with E-state index in [9.17, 15) is 4.57 Å². The molecule has 0 aliphatic rings. The quantitative estimate of drug-likeness (QED) is 0.514. The smallest absolute Gasteiger partial charge is 0.0673 e. The molecule has 0 spiro atoms. The molecule has 0 saturated carbocycles. The SMILES string of the molecule is Cc1cc(C)c([P+](=O)C(Cc2ccccc2)c2ccccc2)c(C)c1. The number of rotatable bonds is 5. The highest BCUT2D eigenvalue weighted by atomic mass is 31.1. The molecule has 2 atom stereocenters. The Hall–Kier alpha value is -2.24. The van der Waals surface area contributed by atoms with Crippen molar-refractivity contribution < 1.29 is 4.57 Å². The van der Waals surface area contributed by atoms with Crippen LogP contribution in [0.25, 0.3) is 0 Å². The molecule has 0 aliphatic heterocycles. The normalized spacial score (nSPS) is 12.7. The second kappa shape index (κ2) is 7.76. The lowest BCUT2D eigenvalue weighted by Gasteiger charge is -2.11. The Morgan fingerprint density at radius 1 is 0.800 bits per heavy atom. The molecule has 0 bridgehead atoms. The predicted molar refractivity (Wildman–Crippen MR) is 107 cm³/mol. The van der Waals surface area contributed by atoms with Crippen LogP contribution in [-0.4, -0.2) is 0 Å². The average molecular weight is 347 g/mol. The largest absolute Gasteiger partial charge is 0.385 e. The van der Waals surface area contributed by atoms with E-state index >= 15 is 0 Å². The zero-order chi connectivity index (χ0) is 17.8. The maximum Gasteiger partial charge on any atom is 0.385 e. The lowest BCUT2D eigenvalue weighted by atomic mass is 10.0. The number of hydrogen-bond acceptors (Lipinski definition) is 1. The molecular weight excluding hydrogens is 323 g/mol. The van der Waals surface area contributed by atoms with Crippen molar-refractivity contribution >= 4 is 13.1 Å². The molecular formula is C23H24OP+. The molecule has 3 rings (SSSR count). The molecule has 1 nitrogen and oxygen atoms in total. The van der Waals surface area contributed by atoms with E-state index in [1.165, 1.54) is 11.1 Å². The third-order valence-corrected chi connectivity index (χ3v) is 6.79. The van der Waals surface area contributed by atoms with Crippen LogP contribution in [0, 0.1) is 20.8 Å². The summed E-state index contributed by atoms with van der Waals surface area (Å²) in [6.45, 7) is 6.25. The number of hydrogen-bond donors (Lipinski definition) is 0. The first-order chi connectivity index (χ1) is 12.1. The summed E-state index contributed by atoms with van der Waals surface area (Å²) in [5, 5.41) is 1.02. The molecule has 0 aliphatic carbocycles. The van der Waals surface area contributed by atoms with Crippen molar-refractivity contribution in [3.63, 3.8) is 0 Å². The highest BCUT2D eigenvalue weighted by Gasteiger charge is 2.36. The van der Waals surface area contributed by atoms with E-state index in [4.69, 9.17) is 0 Å². The summed E-state index contributed by atoms with van der Waals surface area (Å²) in [6.07, 6.45) is 0.785. The van der Waals surface area contributed by atoms with E-state index in [1.807, 2.05) is 36.4 Å². The van der Waals surface area contributed by atoms with Crippen molar-refractivity contribution in [1.82, 2.24) is 0 Å². The Balaban J connectivity index is 2.04. The fraction of sp³-hybridized carbons (Fsp3) is 0.217. The van der Waals surface area contributed by atoms with Gasteiger partial charge in [0.1, 0.15) is 0 Å². The topological polar surface area (TPSA) is 17.1 Å². The molecule has 25 heavy (non-hydrogen) atoms. The van der Waals surface area contributed by atoms with E-state index in [-0.39, 0.29) is 5.66 Å². The van der Waals surface area contributed by atoms with Gasteiger partial charge < -0.3 is 0 Å².